The Kier molecular flexibility index (Phi) is 7.17. The first kappa shape index (κ1) is 26.1. The zero-order chi connectivity index (χ0) is 27.7. The number of aliphatic hydroxyl groups excluding tert-OH is 1. The maximum absolute atomic E-state index is 13.4. The molecule has 0 aromatic carbocycles. The van der Waals surface area contributed by atoms with E-state index in [1.807, 2.05) is 17.7 Å². The largest absolute Gasteiger partial charge is 0.469 e. The van der Waals surface area contributed by atoms with Crippen LogP contribution in [0.1, 0.15) is 54.7 Å². The van der Waals surface area contributed by atoms with Crippen LogP contribution in [-0.2, 0) is 6.42 Å². The van der Waals surface area contributed by atoms with Crippen LogP contribution in [-0.4, -0.2) is 65.1 Å². The van der Waals surface area contributed by atoms with Crippen LogP contribution >= 0.6 is 0 Å². The van der Waals surface area contributed by atoms with E-state index < -0.39 is 18.0 Å². The van der Waals surface area contributed by atoms with Gasteiger partial charge in [0, 0.05) is 43.4 Å². The second-order valence-electron chi connectivity index (χ2n) is 9.52. The topological polar surface area (TPSA) is 142 Å². The number of pyridine rings is 2. The van der Waals surface area contributed by atoms with Crippen LogP contribution in [0.2, 0.25) is 0 Å². The standard InChI is InChI=1S/C27H28FN7O4/c1-16-26(23(7-10-36)32-35(16)20-5-8-33(9-6-20)27(37)38)18-11-24-31-15-21(13-29)34(24)25(12-18)39-17(2)22-4-3-19(28)14-30-22/h3-4,11-12,14-15,17,20,36H,5-10H2,1-2H3,(H,37,38)/t17-/m1/s1. The van der Waals surface area contributed by atoms with Crippen molar-refractivity contribution < 1.29 is 24.1 Å². The number of fused-ring (bicyclic) bond motifs is 1. The quantitative estimate of drug-likeness (QED) is 0.364. The zero-order valence-electron chi connectivity index (χ0n) is 21.6. The fourth-order valence-electron chi connectivity index (χ4n) is 5.15. The number of halogens is 1. The average molecular weight is 534 g/mol. The van der Waals surface area contributed by atoms with Crippen LogP contribution in [0.3, 0.4) is 0 Å². The normalized spacial score (nSPS) is 14.9. The summed E-state index contributed by atoms with van der Waals surface area (Å²) in [5.41, 5.74) is 4.46. The number of piperidine rings is 1. The van der Waals surface area contributed by atoms with Gasteiger partial charge in [0.05, 0.1) is 29.8 Å². The first-order chi connectivity index (χ1) is 18.8. The monoisotopic (exact) mass is 533 g/mol. The van der Waals surface area contributed by atoms with Gasteiger partial charge in [-0.05, 0) is 50.5 Å². The SMILES string of the molecule is Cc1c(-c2cc(O[C@H](C)c3ccc(F)cn3)n3c(C#N)cnc3c2)c(CCO)nn1C1CCN(C(=O)O)CC1. The Hall–Kier alpha value is -4.50. The molecule has 4 aromatic rings. The molecular weight excluding hydrogens is 505 g/mol. The maximum atomic E-state index is 13.4. The van der Waals surface area contributed by atoms with Crippen molar-refractivity contribution in [3.05, 3.63) is 65.3 Å². The molecule has 4 aromatic heterocycles. The first-order valence-corrected chi connectivity index (χ1v) is 12.7. The summed E-state index contributed by atoms with van der Waals surface area (Å²) in [6, 6.07) is 8.66. The van der Waals surface area contributed by atoms with Crippen molar-refractivity contribution in [2.45, 2.75) is 45.3 Å². The summed E-state index contributed by atoms with van der Waals surface area (Å²) in [6.45, 7) is 4.49. The minimum atomic E-state index is -0.922. The molecule has 1 aliphatic rings. The van der Waals surface area contributed by atoms with Gasteiger partial charge in [-0.25, -0.2) is 14.2 Å². The van der Waals surface area contributed by atoms with Crippen LogP contribution in [0.25, 0.3) is 16.8 Å². The molecular formula is C27H28FN7O4. The van der Waals surface area contributed by atoms with Crippen LogP contribution in [0, 0.1) is 24.1 Å². The van der Waals surface area contributed by atoms with Gasteiger partial charge in [0.15, 0.2) is 0 Å². The Balaban J connectivity index is 1.57. The Morgan fingerprint density at radius 1 is 1.26 bits per heavy atom. The highest BCUT2D eigenvalue weighted by atomic mass is 19.1. The highest BCUT2D eigenvalue weighted by molar-refractivity contribution is 5.74. The Morgan fingerprint density at radius 3 is 2.67 bits per heavy atom. The lowest BCUT2D eigenvalue weighted by Gasteiger charge is -2.30. The summed E-state index contributed by atoms with van der Waals surface area (Å²) in [5.74, 6) is -0.0960. The molecule has 0 unspecified atom stereocenters. The van der Waals surface area contributed by atoms with Crippen molar-refractivity contribution in [3.63, 3.8) is 0 Å². The highest BCUT2D eigenvalue weighted by Crippen LogP contribution is 2.36. The van der Waals surface area contributed by atoms with E-state index >= 15 is 0 Å². The van der Waals surface area contributed by atoms with E-state index in [2.05, 4.69) is 16.0 Å². The van der Waals surface area contributed by atoms with Gasteiger partial charge in [0.25, 0.3) is 0 Å². The van der Waals surface area contributed by atoms with E-state index in [0.717, 1.165) is 23.0 Å². The maximum Gasteiger partial charge on any atom is 0.407 e. The molecule has 0 saturated carbocycles. The van der Waals surface area contributed by atoms with Crippen LogP contribution in [0.4, 0.5) is 9.18 Å². The van der Waals surface area contributed by atoms with Gasteiger partial charge in [-0.3, -0.25) is 14.1 Å². The number of rotatable bonds is 7. The molecule has 1 fully saturated rings. The molecule has 1 atom stereocenters. The smallest absolute Gasteiger partial charge is 0.407 e. The van der Waals surface area contributed by atoms with Gasteiger partial charge in [-0.1, -0.05) is 0 Å². The summed E-state index contributed by atoms with van der Waals surface area (Å²) in [4.78, 5) is 21.3. The van der Waals surface area contributed by atoms with Gasteiger partial charge in [0.2, 0.25) is 5.88 Å². The summed E-state index contributed by atoms with van der Waals surface area (Å²) in [7, 11) is 0. The number of nitriles is 1. The number of carbonyl (C=O) groups is 1. The molecule has 5 heterocycles. The summed E-state index contributed by atoms with van der Waals surface area (Å²) in [5, 5.41) is 33.6. The molecule has 202 valence electrons. The van der Waals surface area contributed by atoms with E-state index in [4.69, 9.17) is 9.84 Å². The van der Waals surface area contributed by atoms with Crippen molar-refractivity contribution in [1.82, 2.24) is 29.0 Å². The number of ether oxygens (including phenoxy) is 1. The number of hydrogen-bond donors (Lipinski definition) is 2. The number of nitrogens with zero attached hydrogens (tertiary/aromatic N) is 7. The molecule has 1 saturated heterocycles. The third kappa shape index (κ3) is 5.00. The van der Waals surface area contributed by atoms with Crippen molar-refractivity contribution in [2.24, 2.45) is 0 Å². The lowest BCUT2D eigenvalue weighted by molar-refractivity contribution is 0.123. The Bertz CT molecular complexity index is 1550. The van der Waals surface area contributed by atoms with Crippen molar-refractivity contribution in [3.8, 4) is 23.1 Å². The fraction of sp³-hybridized carbons (Fsp3) is 0.370. The number of amides is 1. The predicted octanol–water partition coefficient (Wildman–Crippen LogP) is 3.90. The van der Waals surface area contributed by atoms with Crippen molar-refractivity contribution in [1.29, 1.82) is 5.26 Å². The summed E-state index contributed by atoms with van der Waals surface area (Å²) in [6.07, 6.45) is 2.70. The van der Waals surface area contributed by atoms with Crippen LogP contribution in [0.5, 0.6) is 5.88 Å². The molecule has 39 heavy (non-hydrogen) atoms. The molecule has 0 spiro atoms. The van der Waals surface area contributed by atoms with Crippen LogP contribution < -0.4 is 4.74 Å². The molecule has 1 amide bonds. The molecule has 11 nitrogen and oxygen atoms in total. The number of likely N-dealkylation sites (tertiary alicyclic amines) is 1. The minimum absolute atomic E-state index is 0.0208. The zero-order valence-corrected chi connectivity index (χ0v) is 21.6. The average Bonchev–Trinajstić information content (AvgIpc) is 3.49. The van der Waals surface area contributed by atoms with Crippen LogP contribution in [0.15, 0.2) is 36.7 Å². The number of hydrogen-bond acceptors (Lipinski definition) is 7. The van der Waals surface area contributed by atoms with Gasteiger partial charge >= 0.3 is 6.09 Å². The molecule has 12 heteroatoms. The third-order valence-electron chi connectivity index (χ3n) is 7.09. The molecule has 1 aliphatic heterocycles. The summed E-state index contributed by atoms with van der Waals surface area (Å²) < 4.78 is 23.2. The van der Waals surface area contributed by atoms with E-state index in [1.165, 1.54) is 17.2 Å². The molecule has 0 aliphatic carbocycles. The molecule has 0 radical (unpaired) electrons. The van der Waals surface area contributed by atoms with Gasteiger partial charge in [-0.2, -0.15) is 10.4 Å². The molecule has 2 N–H and O–H groups in total. The third-order valence-corrected chi connectivity index (χ3v) is 7.09. The van der Waals surface area contributed by atoms with Gasteiger partial charge < -0.3 is 19.8 Å². The van der Waals surface area contributed by atoms with Crippen molar-refractivity contribution >= 4 is 11.7 Å². The number of carboxylic acid groups (broad SMARTS) is 1. The molecule has 0 bridgehead atoms. The van der Waals surface area contributed by atoms with Gasteiger partial charge in [0.1, 0.15) is 29.3 Å². The van der Waals surface area contributed by atoms with E-state index in [9.17, 15) is 24.7 Å². The van der Waals surface area contributed by atoms with E-state index in [1.54, 1.807) is 23.5 Å². The highest BCUT2D eigenvalue weighted by Gasteiger charge is 2.28. The Morgan fingerprint density at radius 2 is 2.03 bits per heavy atom. The Labute approximate surface area is 223 Å². The second-order valence-corrected chi connectivity index (χ2v) is 9.52. The lowest BCUT2D eigenvalue weighted by atomic mass is 10.0. The lowest BCUT2D eigenvalue weighted by Crippen LogP contribution is -2.38. The fourth-order valence-corrected chi connectivity index (χ4v) is 5.15. The van der Waals surface area contributed by atoms with E-state index in [0.29, 0.717) is 61.0 Å². The second kappa shape index (κ2) is 10.7. The predicted molar refractivity (Wildman–Crippen MR) is 138 cm³/mol. The minimum Gasteiger partial charge on any atom is -0.469 e. The number of aliphatic hydroxyl groups is 1. The summed E-state index contributed by atoms with van der Waals surface area (Å²) >= 11 is 0. The first-order valence-electron chi connectivity index (χ1n) is 12.7. The van der Waals surface area contributed by atoms with E-state index in [-0.39, 0.29) is 12.6 Å². The van der Waals surface area contributed by atoms with Gasteiger partial charge in [-0.15, -0.1) is 0 Å². The molecule has 5 rings (SSSR count). The number of imidazole rings is 1. The van der Waals surface area contributed by atoms with Crippen molar-refractivity contribution in [2.75, 3.05) is 19.7 Å². The number of aromatic nitrogens is 5.